The number of phenolic OH excluding ortho intramolecular Hbond substituents is 3. The van der Waals surface area contributed by atoms with Crippen LogP contribution in [0.1, 0.15) is 133 Å². The maximum absolute atomic E-state index is 13.2. The highest BCUT2D eigenvalue weighted by molar-refractivity contribution is 5.96. The molecule has 47 heavy (non-hydrogen) atoms. The van der Waals surface area contributed by atoms with Crippen LogP contribution in [0.4, 0.5) is 0 Å². The standard InChI is InChI=1S/C22H22O6.C17H28.C2H6/c1-10(2)9-15-18(24)21(27)20(26)17-19(25)16(12(4)28-22(15)17)14-7-5-13(6-8-14)11(3)23;1-3-4-5-6-7-8-10-13-16(2)17-14-11-9-12-15-17;1-2/h5-8,10,24,26-27H,9H2,1-4H3;9,11-12,14-16H,3-8,10,13H2,1-2H3;1-2H3. The van der Waals surface area contributed by atoms with E-state index in [2.05, 4.69) is 44.2 Å². The van der Waals surface area contributed by atoms with Gasteiger partial charge >= 0.3 is 0 Å². The number of carbonyl (C=O) groups excluding carboxylic acids is 1. The Morgan fingerprint density at radius 2 is 1.36 bits per heavy atom. The number of ketones is 1. The highest BCUT2D eigenvalue weighted by Crippen LogP contribution is 2.45. The van der Waals surface area contributed by atoms with Gasteiger partial charge in [-0.05, 0) is 49.7 Å². The van der Waals surface area contributed by atoms with Crippen LogP contribution < -0.4 is 5.43 Å². The second kappa shape index (κ2) is 19.6. The maximum Gasteiger partial charge on any atom is 0.204 e. The number of fused-ring (bicyclic) bond motifs is 1. The Labute approximate surface area is 281 Å². The average Bonchev–Trinajstić information content (AvgIpc) is 3.06. The van der Waals surface area contributed by atoms with Gasteiger partial charge in [-0.25, -0.2) is 0 Å². The second-order valence-corrected chi connectivity index (χ2v) is 12.5. The molecule has 0 aliphatic heterocycles. The van der Waals surface area contributed by atoms with Crippen LogP contribution in [0.3, 0.4) is 0 Å². The lowest BCUT2D eigenvalue weighted by Crippen LogP contribution is -2.10. The van der Waals surface area contributed by atoms with Gasteiger partial charge in [0.05, 0.1) is 5.56 Å². The van der Waals surface area contributed by atoms with Crippen LogP contribution in [0.25, 0.3) is 22.1 Å². The number of Topliss-reactive ketones (excluding diaryl/α,β-unsaturated/α-hetero) is 1. The Morgan fingerprint density at radius 1 is 0.787 bits per heavy atom. The summed E-state index contributed by atoms with van der Waals surface area (Å²) in [6.45, 7) is 15.5. The van der Waals surface area contributed by atoms with Crippen LogP contribution >= 0.6 is 0 Å². The molecule has 6 nitrogen and oxygen atoms in total. The first-order chi connectivity index (χ1) is 22.5. The van der Waals surface area contributed by atoms with Gasteiger partial charge in [-0.3, -0.25) is 9.59 Å². The summed E-state index contributed by atoms with van der Waals surface area (Å²) in [4.78, 5) is 24.7. The van der Waals surface area contributed by atoms with Crippen LogP contribution in [0.5, 0.6) is 17.2 Å². The van der Waals surface area contributed by atoms with Gasteiger partial charge < -0.3 is 19.7 Å². The molecule has 0 aliphatic carbocycles. The van der Waals surface area contributed by atoms with E-state index in [0.717, 1.165) is 5.92 Å². The molecule has 4 aromatic rings. The summed E-state index contributed by atoms with van der Waals surface area (Å²) in [6, 6.07) is 17.4. The van der Waals surface area contributed by atoms with E-state index in [1.54, 1.807) is 31.2 Å². The predicted molar refractivity (Wildman–Crippen MR) is 195 cm³/mol. The maximum atomic E-state index is 13.2. The Kier molecular flexibility index (Phi) is 16.3. The van der Waals surface area contributed by atoms with Crippen molar-refractivity contribution >= 4 is 16.8 Å². The number of rotatable bonds is 13. The van der Waals surface area contributed by atoms with Crippen LogP contribution in [0.2, 0.25) is 0 Å². The number of hydrogen-bond acceptors (Lipinski definition) is 6. The molecule has 3 N–H and O–H groups in total. The zero-order chi connectivity index (χ0) is 35.1. The van der Waals surface area contributed by atoms with Crippen molar-refractivity contribution in [3.63, 3.8) is 0 Å². The van der Waals surface area contributed by atoms with Gasteiger partial charge in [0.2, 0.25) is 11.2 Å². The molecule has 0 bridgehead atoms. The number of unbranched alkanes of at least 4 members (excludes halogenated alkanes) is 6. The van der Waals surface area contributed by atoms with E-state index in [9.17, 15) is 24.9 Å². The number of aryl methyl sites for hydroxylation is 1. The van der Waals surface area contributed by atoms with Gasteiger partial charge in [0.1, 0.15) is 16.7 Å². The summed E-state index contributed by atoms with van der Waals surface area (Å²) in [5.74, 6) is -0.880. The monoisotopic (exact) mass is 644 g/mol. The molecule has 1 unspecified atom stereocenters. The lowest BCUT2D eigenvalue weighted by atomic mass is 9.95. The van der Waals surface area contributed by atoms with Crippen molar-refractivity contribution in [1.29, 1.82) is 0 Å². The molecule has 0 saturated heterocycles. The van der Waals surface area contributed by atoms with Gasteiger partial charge in [0.25, 0.3) is 0 Å². The van der Waals surface area contributed by atoms with E-state index in [1.807, 2.05) is 27.7 Å². The fourth-order valence-corrected chi connectivity index (χ4v) is 5.71. The van der Waals surface area contributed by atoms with Crippen LogP contribution in [-0.4, -0.2) is 21.1 Å². The van der Waals surface area contributed by atoms with Crippen molar-refractivity contribution < 1.29 is 24.5 Å². The third-order valence-electron chi connectivity index (χ3n) is 8.34. The molecule has 4 rings (SSSR count). The highest BCUT2D eigenvalue weighted by atomic mass is 16.3. The molecule has 0 saturated carbocycles. The summed E-state index contributed by atoms with van der Waals surface area (Å²) in [7, 11) is 0. The molecule has 0 aliphatic rings. The summed E-state index contributed by atoms with van der Waals surface area (Å²) in [5.41, 5.74) is 2.57. The molecule has 6 heteroatoms. The summed E-state index contributed by atoms with van der Waals surface area (Å²) >= 11 is 0. The number of carbonyl (C=O) groups is 1. The third kappa shape index (κ3) is 10.7. The largest absolute Gasteiger partial charge is 0.504 e. The molecule has 1 aromatic heterocycles. The minimum absolute atomic E-state index is 0.0631. The normalized spacial score (nSPS) is 11.4. The number of hydrogen-bond donors (Lipinski definition) is 3. The van der Waals surface area contributed by atoms with Gasteiger partial charge in [-0.1, -0.05) is 141 Å². The van der Waals surface area contributed by atoms with E-state index >= 15 is 0 Å². The van der Waals surface area contributed by atoms with Crippen molar-refractivity contribution in [3.8, 4) is 28.4 Å². The van der Waals surface area contributed by atoms with Gasteiger partial charge in [0, 0.05) is 11.1 Å². The van der Waals surface area contributed by atoms with Crippen molar-refractivity contribution in [2.24, 2.45) is 5.92 Å². The van der Waals surface area contributed by atoms with E-state index in [-0.39, 0.29) is 33.8 Å². The predicted octanol–water partition coefficient (Wildman–Crippen LogP) is 11.2. The molecule has 0 spiro atoms. The molecular weight excluding hydrogens is 588 g/mol. The highest BCUT2D eigenvalue weighted by Gasteiger charge is 2.26. The van der Waals surface area contributed by atoms with Crippen LogP contribution in [0, 0.1) is 12.8 Å². The first-order valence-electron chi connectivity index (χ1n) is 17.4. The smallest absolute Gasteiger partial charge is 0.204 e. The summed E-state index contributed by atoms with van der Waals surface area (Å²) < 4.78 is 5.86. The van der Waals surface area contributed by atoms with Crippen molar-refractivity contribution in [2.45, 2.75) is 119 Å². The first kappa shape index (κ1) is 39.1. The average molecular weight is 645 g/mol. The lowest BCUT2D eigenvalue weighted by molar-refractivity contribution is 0.101. The van der Waals surface area contributed by atoms with Gasteiger partial charge in [-0.15, -0.1) is 0 Å². The Balaban J connectivity index is 0.000000347. The Hall–Kier alpha value is -4.06. The Bertz CT molecular complexity index is 1600. The molecule has 0 radical (unpaired) electrons. The minimum atomic E-state index is -0.739. The zero-order valence-electron chi connectivity index (χ0n) is 29.8. The Morgan fingerprint density at radius 3 is 1.91 bits per heavy atom. The molecule has 0 amide bonds. The van der Waals surface area contributed by atoms with Gasteiger partial charge in [0.15, 0.2) is 17.3 Å². The van der Waals surface area contributed by atoms with Crippen LogP contribution in [0.15, 0.2) is 63.8 Å². The molecule has 3 aromatic carbocycles. The topological polar surface area (TPSA) is 108 Å². The second-order valence-electron chi connectivity index (χ2n) is 12.5. The van der Waals surface area contributed by atoms with Gasteiger partial charge in [-0.2, -0.15) is 0 Å². The van der Waals surface area contributed by atoms with E-state index < -0.39 is 22.7 Å². The van der Waals surface area contributed by atoms with Crippen molar-refractivity contribution in [2.75, 3.05) is 0 Å². The van der Waals surface area contributed by atoms with Crippen molar-refractivity contribution in [1.82, 2.24) is 0 Å². The number of benzene rings is 3. The zero-order valence-corrected chi connectivity index (χ0v) is 29.8. The number of aromatic hydroxyl groups is 3. The van der Waals surface area contributed by atoms with Crippen molar-refractivity contribution in [3.05, 3.63) is 87.3 Å². The van der Waals surface area contributed by atoms with E-state index in [4.69, 9.17) is 4.42 Å². The van der Waals surface area contributed by atoms with E-state index in [0.29, 0.717) is 23.3 Å². The number of phenols is 3. The summed E-state index contributed by atoms with van der Waals surface area (Å²) in [6.07, 6.45) is 11.6. The third-order valence-corrected chi connectivity index (χ3v) is 8.34. The fraction of sp³-hybridized carbons (Fsp3) is 0.463. The fourth-order valence-electron chi connectivity index (χ4n) is 5.71. The minimum Gasteiger partial charge on any atom is -0.504 e. The molecule has 0 fully saturated rings. The molecule has 1 heterocycles. The lowest BCUT2D eigenvalue weighted by Gasteiger charge is -2.15. The molecule has 256 valence electrons. The molecular formula is C41H56O6. The summed E-state index contributed by atoms with van der Waals surface area (Å²) in [5, 5.41) is 30.6. The van der Waals surface area contributed by atoms with E-state index in [1.165, 1.54) is 63.9 Å². The molecule has 1 atom stereocenters. The quantitative estimate of drug-likeness (QED) is 0.0759. The van der Waals surface area contributed by atoms with Crippen LogP contribution in [-0.2, 0) is 6.42 Å². The SMILES string of the molecule is CC.CC(=O)c1ccc(-c2c(C)oc3c(CC(C)C)c(O)c(O)c(O)c3c2=O)cc1.CCCCCCCCCC(C)c1ccccc1. The first-order valence-corrected chi connectivity index (χ1v) is 17.4.